The quantitative estimate of drug-likeness (QED) is 0.413. The van der Waals surface area contributed by atoms with Crippen LogP contribution in [0.3, 0.4) is 0 Å². The smallest absolute Gasteiger partial charge is 0.411 e. The Morgan fingerprint density at radius 2 is 1.92 bits per heavy atom. The molecule has 0 bridgehead atoms. The van der Waals surface area contributed by atoms with E-state index in [0.717, 1.165) is 6.42 Å². The van der Waals surface area contributed by atoms with E-state index in [2.05, 4.69) is 17.6 Å². The van der Waals surface area contributed by atoms with Crippen molar-refractivity contribution in [3.05, 3.63) is 24.3 Å². The number of ether oxygens (including phenoxy) is 2. The van der Waals surface area contributed by atoms with E-state index in [0.29, 0.717) is 50.2 Å². The van der Waals surface area contributed by atoms with Gasteiger partial charge in [0.05, 0.1) is 19.8 Å². The number of hydrogen-bond donors (Lipinski definition) is 4. The molecule has 39 heavy (non-hydrogen) atoms. The summed E-state index contributed by atoms with van der Waals surface area (Å²) in [5, 5.41) is 27.4. The van der Waals surface area contributed by atoms with Gasteiger partial charge in [-0.05, 0) is 61.5 Å². The summed E-state index contributed by atoms with van der Waals surface area (Å²) in [7, 11) is 1.55. The Labute approximate surface area is 230 Å². The Kier molecular flexibility index (Phi) is 8.75. The molecule has 7 unspecified atom stereocenters. The average Bonchev–Trinajstić information content (AvgIpc) is 3.36. The van der Waals surface area contributed by atoms with Crippen molar-refractivity contribution in [3.63, 3.8) is 0 Å². The number of rotatable bonds is 7. The van der Waals surface area contributed by atoms with Gasteiger partial charge in [0, 0.05) is 49.6 Å². The number of methoxy groups -OCH3 is 1. The molecule has 2 saturated carbocycles. The normalized spacial score (nSPS) is 34.1. The summed E-state index contributed by atoms with van der Waals surface area (Å²) < 4.78 is 11.1. The molecule has 4 rings (SSSR count). The molecule has 1 heterocycles. The number of nitrogens with zero attached hydrogens (tertiary/aromatic N) is 1. The highest BCUT2D eigenvalue weighted by Crippen LogP contribution is 2.61. The van der Waals surface area contributed by atoms with Crippen LogP contribution in [0.15, 0.2) is 24.3 Å². The Bertz CT molecular complexity index is 1070. The lowest BCUT2D eigenvalue weighted by Crippen LogP contribution is -2.61. The van der Waals surface area contributed by atoms with Crippen molar-refractivity contribution in [1.82, 2.24) is 10.2 Å². The average molecular weight is 546 g/mol. The van der Waals surface area contributed by atoms with Crippen LogP contribution in [-0.2, 0) is 14.3 Å². The van der Waals surface area contributed by atoms with Crippen LogP contribution < -0.4 is 15.4 Å². The third kappa shape index (κ3) is 6.01. The van der Waals surface area contributed by atoms with E-state index in [1.165, 1.54) is 6.92 Å². The van der Waals surface area contributed by atoms with E-state index < -0.39 is 29.1 Å². The molecule has 7 atom stereocenters. The monoisotopic (exact) mass is 545 g/mol. The number of benzene rings is 1. The molecule has 3 aliphatic rings. The molecule has 3 fully saturated rings. The molecule has 4 N–H and O–H groups in total. The van der Waals surface area contributed by atoms with Gasteiger partial charge in [0.2, 0.25) is 11.8 Å². The van der Waals surface area contributed by atoms with E-state index in [4.69, 9.17) is 9.47 Å². The maximum Gasteiger partial charge on any atom is 0.411 e. The van der Waals surface area contributed by atoms with E-state index in [1.54, 1.807) is 36.3 Å². The molecule has 1 saturated heterocycles. The number of fused-ring (bicyclic) bond motifs is 1. The molecular formula is C29H43N3O7. The molecule has 0 radical (unpaired) electrons. The lowest BCUT2D eigenvalue weighted by Gasteiger charge is -2.60. The lowest BCUT2D eigenvalue weighted by atomic mass is 9.46. The summed E-state index contributed by atoms with van der Waals surface area (Å²) in [4.78, 5) is 39.4. The second-order valence-electron chi connectivity index (χ2n) is 12.0. The molecule has 1 aromatic carbocycles. The van der Waals surface area contributed by atoms with Crippen LogP contribution in [-0.4, -0.2) is 78.1 Å². The first-order valence-electron chi connectivity index (χ1n) is 14.0. The number of carbonyl (C=O) groups excluding carboxylic acids is 3. The fraction of sp³-hybridized carbons (Fsp3) is 0.690. The van der Waals surface area contributed by atoms with Gasteiger partial charge in [-0.3, -0.25) is 14.9 Å². The van der Waals surface area contributed by atoms with Crippen molar-refractivity contribution < 1.29 is 34.1 Å². The van der Waals surface area contributed by atoms with E-state index in [1.807, 2.05) is 6.92 Å². The van der Waals surface area contributed by atoms with E-state index in [-0.39, 0.29) is 42.7 Å². The zero-order chi connectivity index (χ0) is 28.4. The maximum atomic E-state index is 13.3. The minimum Gasteiger partial charge on any atom is -0.497 e. The molecule has 0 aromatic heterocycles. The molecule has 10 nitrogen and oxygen atoms in total. The number of carbonyl (C=O) groups is 3. The minimum absolute atomic E-state index is 0.0180. The second kappa shape index (κ2) is 11.7. The van der Waals surface area contributed by atoms with Crippen LogP contribution in [0.2, 0.25) is 0 Å². The molecule has 10 heteroatoms. The van der Waals surface area contributed by atoms with Gasteiger partial charge < -0.3 is 29.9 Å². The second-order valence-corrected chi connectivity index (χ2v) is 12.0. The molecule has 3 amide bonds. The fourth-order valence-corrected chi connectivity index (χ4v) is 7.47. The van der Waals surface area contributed by atoms with Crippen LogP contribution in [0.5, 0.6) is 5.75 Å². The first-order valence-corrected chi connectivity index (χ1v) is 14.0. The summed E-state index contributed by atoms with van der Waals surface area (Å²) in [6.07, 6.45) is 1.56. The molecule has 216 valence electrons. The summed E-state index contributed by atoms with van der Waals surface area (Å²) in [5.41, 5.74) is -0.595. The SMILES string of the molecule is COc1cccc(NC(=O)OC2CCC3(C)C(CC(=O)N4CCC(NC(C)=O)C4)C(O)CCC3C2(C)CO)c1. The first-order chi connectivity index (χ1) is 18.5. The number of hydrogen-bond acceptors (Lipinski definition) is 7. The van der Waals surface area contributed by atoms with Crippen LogP contribution in [0, 0.1) is 22.7 Å². The standard InChI is InChI=1S/C29H43N3O7/c1-18(34)30-20-11-13-32(16-20)26(36)15-22-23(35)8-9-24-28(22,2)12-10-25(29(24,3)17-33)39-27(37)31-19-6-5-7-21(14-19)38-4/h5-7,14,20,22-25,33,35H,8-13,15-17H2,1-4H3,(H,30,34)(H,31,37). The Morgan fingerprint density at radius 3 is 2.62 bits per heavy atom. The summed E-state index contributed by atoms with van der Waals surface area (Å²) in [6.45, 7) is 6.43. The largest absolute Gasteiger partial charge is 0.497 e. The zero-order valence-corrected chi connectivity index (χ0v) is 23.4. The number of amides is 3. The van der Waals surface area contributed by atoms with Gasteiger partial charge in [0.15, 0.2) is 0 Å². The maximum absolute atomic E-state index is 13.3. The predicted octanol–water partition coefficient (Wildman–Crippen LogP) is 2.93. The molecule has 0 spiro atoms. The number of likely N-dealkylation sites (tertiary alicyclic amines) is 1. The van der Waals surface area contributed by atoms with Gasteiger partial charge >= 0.3 is 6.09 Å². The van der Waals surface area contributed by atoms with Crippen molar-refractivity contribution in [3.8, 4) is 5.75 Å². The zero-order valence-electron chi connectivity index (χ0n) is 23.4. The van der Waals surface area contributed by atoms with Gasteiger partial charge in [-0.1, -0.05) is 19.9 Å². The Morgan fingerprint density at radius 1 is 1.15 bits per heavy atom. The number of aliphatic hydroxyl groups excluding tert-OH is 2. The Hall–Kier alpha value is -2.85. The topological polar surface area (TPSA) is 137 Å². The van der Waals surface area contributed by atoms with Crippen LogP contribution in [0.1, 0.15) is 59.3 Å². The minimum atomic E-state index is -0.732. The van der Waals surface area contributed by atoms with Crippen molar-refractivity contribution in [2.45, 2.75) is 77.5 Å². The molecular weight excluding hydrogens is 502 g/mol. The fourth-order valence-electron chi connectivity index (χ4n) is 7.47. The highest BCUT2D eigenvalue weighted by atomic mass is 16.6. The van der Waals surface area contributed by atoms with Gasteiger partial charge in [-0.15, -0.1) is 0 Å². The number of aliphatic hydroxyl groups is 2. The van der Waals surface area contributed by atoms with Crippen molar-refractivity contribution in [2.24, 2.45) is 22.7 Å². The molecule has 1 aliphatic heterocycles. The van der Waals surface area contributed by atoms with Gasteiger partial charge in [-0.2, -0.15) is 0 Å². The Balaban J connectivity index is 1.45. The molecule has 1 aromatic rings. The summed E-state index contributed by atoms with van der Waals surface area (Å²) in [6, 6.07) is 6.96. The summed E-state index contributed by atoms with van der Waals surface area (Å²) in [5.74, 6) is 0.163. The summed E-state index contributed by atoms with van der Waals surface area (Å²) >= 11 is 0. The van der Waals surface area contributed by atoms with E-state index in [9.17, 15) is 24.6 Å². The highest BCUT2D eigenvalue weighted by molar-refractivity contribution is 5.85. The predicted molar refractivity (Wildman–Crippen MR) is 145 cm³/mol. The number of nitrogens with one attached hydrogen (secondary N) is 2. The highest BCUT2D eigenvalue weighted by Gasteiger charge is 2.60. The van der Waals surface area contributed by atoms with Crippen LogP contribution in [0.4, 0.5) is 10.5 Å². The van der Waals surface area contributed by atoms with E-state index >= 15 is 0 Å². The van der Waals surface area contributed by atoms with Crippen molar-refractivity contribution in [1.29, 1.82) is 0 Å². The van der Waals surface area contributed by atoms with Gasteiger partial charge in [0.25, 0.3) is 0 Å². The van der Waals surface area contributed by atoms with Gasteiger partial charge in [0.1, 0.15) is 11.9 Å². The lowest BCUT2D eigenvalue weighted by molar-refractivity contribution is -0.186. The van der Waals surface area contributed by atoms with Crippen LogP contribution in [0.25, 0.3) is 0 Å². The first kappa shape index (κ1) is 29.1. The van der Waals surface area contributed by atoms with Crippen molar-refractivity contribution in [2.75, 3.05) is 32.1 Å². The van der Waals surface area contributed by atoms with Crippen molar-refractivity contribution >= 4 is 23.6 Å². The number of anilines is 1. The third-order valence-electron chi connectivity index (χ3n) is 9.58. The molecule has 2 aliphatic carbocycles. The van der Waals surface area contributed by atoms with Gasteiger partial charge in [-0.25, -0.2) is 4.79 Å². The third-order valence-corrected chi connectivity index (χ3v) is 9.58. The van der Waals surface area contributed by atoms with Crippen LogP contribution >= 0.6 is 0 Å².